The first-order chi connectivity index (χ1) is 12.8. The first-order valence-corrected chi connectivity index (χ1v) is 9.90. The molecule has 140 valence electrons. The summed E-state index contributed by atoms with van der Waals surface area (Å²) in [6, 6.07) is 11.7. The number of imide groups is 1. The van der Waals surface area contributed by atoms with Crippen LogP contribution in [0.1, 0.15) is 12.0 Å². The van der Waals surface area contributed by atoms with Crippen molar-refractivity contribution in [3.63, 3.8) is 0 Å². The first kappa shape index (κ1) is 18.7. The van der Waals surface area contributed by atoms with Crippen LogP contribution in [0.15, 0.2) is 46.9 Å². The molecule has 3 amide bonds. The van der Waals surface area contributed by atoms with Crippen molar-refractivity contribution in [3.05, 3.63) is 62.5 Å². The van der Waals surface area contributed by atoms with Crippen LogP contribution in [0.3, 0.4) is 0 Å². The molecule has 4 rings (SSSR count). The number of β-amino-alcohol motifs (C(OH)–C–C–N with tert-alkyl or cyclic N) is 1. The third kappa shape index (κ3) is 3.14. The van der Waals surface area contributed by atoms with Gasteiger partial charge in [-0.05, 0) is 35.9 Å². The van der Waals surface area contributed by atoms with Gasteiger partial charge in [-0.25, -0.2) is 9.69 Å². The van der Waals surface area contributed by atoms with Crippen LogP contribution in [0.4, 0.5) is 10.5 Å². The number of carbonyl (C=O) groups excluding carboxylic acids is 2. The molecule has 0 unspecified atom stereocenters. The van der Waals surface area contributed by atoms with Gasteiger partial charge < -0.3 is 10.0 Å². The molecule has 2 aliphatic rings. The molecule has 5 nitrogen and oxygen atoms in total. The quantitative estimate of drug-likeness (QED) is 0.682. The monoisotopic (exact) mass is 468 g/mol. The zero-order valence-electron chi connectivity index (χ0n) is 14.0. The molecule has 0 aromatic heterocycles. The van der Waals surface area contributed by atoms with E-state index in [0.717, 1.165) is 14.9 Å². The molecular weight excluding hydrogens is 455 g/mol. The van der Waals surface area contributed by atoms with E-state index in [1.807, 2.05) is 24.3 Å². The van der Waals surface area contributed by atoms with Crippen molar-refractivity contribution in [2.24, 2.45) is 0 Å². The van der Waals surface area contributed by atoms with Crippen LogP contribution in [0.5, 0.6) is 0 Å². The molecule has 2 aromatic rings. The molecule has 27 heavy (non-hydrogen) atoms. The summed E-state index contributed by atoms with van der Waals surface area (Å²) >= 11 is 15.5. The number of amides is 3. The summed E-state index contributed by atoms with van der Waals surface area (Å²) in [5, 5.41) is 10.9. The predicted octanol–water partition coefficient (Wildman–Crippen LogP) is 4.27. The van der Waals surface area contributed by atoms with E-state index in [0.29, 0.717) is 22.2 Å². The maximum absolute atomic E-state index is 13.4. The number of fused-ring (bicyclic) bond motifs is 1. The largest absolute Gasteiger partial charge is 0.391 e. The molecule has 2 heterocycles. The molecule has 2 fully saturated rings. The Balaban J connectivity index is 1.76. The molecule has 0 bridgehead atoms. The van der Waals surface area contributed by atoms with Crippen LogP contribution in [0, 0.1) is 0 Å². The Morgan fingerprint density at radius 1 is 1.11 bits per heavy atom. The SMILES string of the molecule is O=C1N(c2cc(Cl)cc(Cl)c2)C(=O)[C@]2(Cc3ccc(Br)cc3)C[C@@H](O)CN12. The van der Waals surface area contributed by atoms with Gasteiger partial charge in [0.15, 0.2) is 0 Å². The van der Waals surface area contributed by atoms with E-state index >= 15 is 0 Å². The second-order valence-electron chi connectivity index (χ2n) is 6.85. The lowest BCUT2D eigenvalue weighted by Gasteiger charge is -2.28. The Kier molecular flexibility index (Phi) is 4.71. The first-order valence-electron chi connectivity index (χ1n) is 8.35. The summed E-state index contributed by atoms with van der Waals surface area (Å²) < 4.78 is 0.927. The molecule has 2 saturated heterocycles. The number of anilines is 1. The Hall–Kier alpha value is -1.60. The Labute approximate surface area is 174 Å². The van der Waals surface area contributed by atoms with E-state index in [1.165, 1.54) is 17.0 Å². The van der Waals surface area contributed by atoms with Crippen LogP contribution in [0.25, 0.3) is 0 Å². The summed E-state index contributed by atoms with van der Waals surface area (Å²) in [5.74, 6) is -0.370. The zero-order chi connectivity index (χ0) is 19.3. The lowest BCUT2D eigenvalue weighted by atomic mass is 9.87. The standard InChI is InChI=1S/C19H15BrCl2N2O3/c20-12-3-1-11(2-4-12)8-19-9-16(25)10-23(19)18(27)24(17(19)26)15-6-13(21)5-14(22)7-15/h1-7,16,25H,8-10H2/t16-,19+/m1/s1. The molecule has 0 radical (unpaired) electrons. The number of rotatable bonds is 3. The predicted molar refractivity (Wildman–Crippen MR) is 107 cm³/mol. The number of hydrogen-bond acceptors (Lipinski definition) is 3. The van der Waals surface area contributed by atoms with Crippen molar-refractivity contribution >= 4 is 56.8 Å². The highest BCUT2D eigenvalue weighted by Crippen LogP contribution is 2.43. The van der Waals surface area contributed by atoms with E-state index in [9.17, 15) is 14.7 Å². The van der Waals surface area contributed by atoms with Crippen LogP contribution in [-0.4, -0.2) is 40.1 Å². The van der Waals surface area contributed by atoms with Gasteiger partial charge in [-0.1, -0.05) is 51.3 Å². The number of carbonyl (C=O) groups is 2. The lowest BCUT2D eigenvalue weighted by molar-refractivity contribution is -0.124. The highest BCUT2D eigenvalue weighted by Gasteiger charge is 2.62. The van der Waals surface area contributed by atoms with Gasteiger partial charge in [0.25, 0.3) is 5.91 Å². The molecule has 0 spiro atoms. The molecule has 8 heteroatoms. The summed E-state index contributed by atoms with van der Waals surface area (Å²) in [6.07, 6.45) is -0.219. The third-order valence-corrected chi connectivity index (χ3v) is 5.99. The van der Waals surface area contributed by atoms with Crippen molar-refractivity contribution in [1.29, 1.82) is 0 Å². The summed E-state index contributed by atoms with van der Waals surface area (Å²) in [4.78, 5) is 29.0. The number of halogens is 3. The van der Waals surface area contributed by atoms with Gasteiger partial charge in [0.1, 0.15) is 5.54 Å². The number of urea groups is 1. The normalized spacial score (nSPS) is 24.7. The van der Waals surface area contributed by atoms with Gasteiger partial charge in [0.2, 0.25) is 0 Å². The Morgan fingerprint density at radius 3 is 2.37 bits per heavy atom. The van der Waals surface area contributed by atoms with E-state index in [2.05, 4.69) is 15.9 Å². The number of nitrogens with zero attached hydrogens (tertiary/aromatic N) is 2. The van der Waals surface area contributed by atoms with Crippen LogP contribution in [-0.2, 0) is 11.2 Å². The van der Waals surface area contributed by atoms with Gasteiger partial charge in [0, 0.05) is 33.9 Å². The van der Waals surface area contributed by atoms with Crippen molar-refractivity contribution in [1.82, 2.24) is 4.90 Å². The molecule has 2 atom stereocenters. The van der Waals surface area contributed by atoms with Crippen LogP contribution in [0.2, 0.25) is 10.0 Å². The minimum absolute atomic E-state index is 0.117. The van der Waals surface area contributed by atoms with Crippen LogP contribution < -0.4 is 4.90 Å². The average Bonchev–Trinajstić information content (AvgIpc) is 3.01. The summed E-state index contributed by atoms with van der Waals surface area (Å²) in [5.41, 5.74) is 0.130. The smallest absolute Gasteiger partial charge is 0.332 e. The van der Waals surface area contributed by atoms with Crippen molar-refractivity contribution in [3.8, 4) is 0 Å². The highest BCUT2D eigenvalue weighted by molar-refractivity contribution is 9.10. The van der Waals surface area contributed by atoms with Crippen molar-refractivity contribution in [2.45, 2.75) is 24.5 Å². The number of aliphatic hydroxyl groups excluding tert-OH is 1. The molecule has 2 aliphatic heterocycles. The van der Waals surface area contributed by atoms with Gasteiger partial charge >= 0.3 is 6.03 Å². The van der Waals surface area contributed by atoms with Crippen LogP contribution >= 0.6 is 39.1 Å². The average molecular weight is 470 g/mol. The molecule has 1 N–H and O–H groups in total. The lowest BCUT2D eigenvalue weighted by Crippen LogP contribution is -2.47. The van der Waals surface area contributed by atoms with Gasteiger partial charge in [-0.3, -0.25) is 4.79 Å². The fraction of sp³-hybridized carbons (Fsp3) is 0.263. The van der Waals surface area contributed by atoms with Crippen molar-refractivity contribution in [2.75, 3.05) is 11.4 Å². The second kappa shape index (κ2) is 6.78. The highest BCUT2D eigenvalue weighted by atomic mass is 79.9. The fourth-order valence-electron chi connectivity index (χ4n) is 3.91. The minimum Gasteiger partial charge on any atom is -0.391 e. The fourth-order valence-corrected chi connectivity index (χ4v) is 4.69. The second-order valence-corrected chi connectivity index (χ2v) is 8.64. The molecular formula is C19H15BrCl2N2O3. The van der Waals surface area contributed by atoms with E-state index in [-0.39, 0.29) is 18.9 Å². The van der Waals surface area contributed by atoms with Gasteiger partial charge in [-0.15, -0.1) is 0 Å². The number of benzene rings is 2. The molecule has 0 aliphatic carbocycles. The Morgan fingerprint density at radius 2 is 1.74 bits per heavy atom. The van der Waals surface area contributed by atoms with Gasteiger partial charge in [0.05, 0.1) is 11.8 Å². The molecule has 0 saturated carbocycles. The summed E-state index contributed by atoms with van der Waals surface area (Å²) in [7, 11) is 0. The minimum atomic E-state index is -1.11. The summed E-state index contributed by atoms with van der Waals surface area (Å²) in [6.45, 7) is 0.117. The number of hydrogen-bond donors (Lipinski definition) is 1. The third-order valence-electron chi connectivity index (χ3n) is 5.02. The topological polar surface area (TPSA) is 60.9 Å². The number of aliphatic hydroxyl groups is 1. The molecule has 2 aromatic carbocycles. The Bertz CT molecular complexity index is 917. The van der Waals surface area contributed by atoms with Gasteiger partial charge in [-0.2, -0.15) is 0 Å². The zero-order valence-corrected chi connectivity index (χ0v) is 17.1. The van der Waals surface area contributed by atoms with E-state index < -0.39 is 17.7 Å². The van der Waals surface area contributed by atoms with Crippen molar-refractivity contribution < 1.29 is 14.7 Å². The van der Waals surface area contributed by atoms with E-state index in [4.69, 9.17) is 23.2 Å². The maximum atomic E-state index is 13.4. The maximum Gasteiger partial charge on any atom is 0.332 e. The van der Waals surface area contributed by atoms with E-state index in [1.54, 1.807) is 6.07 Å².